The minimum atomic E-state index is 0.289. The maximum Gasteiger partial charge on any atom is 0.149 e. The molecular formula is C11H10N2OS2. The van der Waals surface area contributed by atoms with Crippen LogP contribution in [0.5, 0.6) is 5.75 Å². The Morgan fingerprint density at radius 1 is 1.44 bits per heavy atom. The van der Waals surface area contributed by atoms with E-state index in [9.17, 15) is 5.11 Å². The van der Waals surface area contributed by atoms with E-state index < -0.39 is 0 Å². The zero-order valence-corrected chi connectivity index (χ0v) is 10.3. The Morgan fingerprint density at radius 2 is 2.31 bits per heavy atom. The van der Waals surface area contributed by atoms with E-state index in [1.165, 1.54) is 0 Å². The number of hydrogen-bond donors (Lipinski definition) is 1. The molecule has 1 aliphatic heterocycles. The van der Waals surface area contributed by atoms with Crippen LogP contribution in [0.1, 0.15) is 11.9 Å². The summed E-state index contributed by atoms with van der Waals surface area (Å²) in [5.41, 5.74) is 0.931. The van der Waals surface area contributed by atoms with Crippen LogP contribution in [-0.2, 0) is 0 Å². The molecule has 82 valence electrons. The Kier molecular flexibility index (Phi) is 2.37. The molecule has 0 amide bonds. The molecule has 2 heterocycles. The van der Waals surface area contributed by atoms with Gasteiger partial charge in [-0.2, -0.15) is 0 Å². The normalized spacial score (nSPS) is 20.3. The molecule has 0 radical (unpaired) electrons. The van der Waals surface area contributed by atoms with Crippen LogP contribution in [0.2, 0.25) is 0 Å². The van der Waals surface area contributed by atoms with E-state index in [1.54, 1.807) is 35.2 Å². The van der Waals surface area contributed by atoms with Crippen LogP contribution < -0.4 is 0 Å². The van der Waals surface area contributed by atoms with Crippen LogP contribution in [-0.4, -0.2) is 26.9 Å². The van der Waals surface area contributed by atoms with Crippen LogP contribution in [0.4, 0.5) is 0 Å². The SMILES string of the molecule is C[C@H]1CSC(c2nc3ccc(O)cc3s2)=N1. The van der Waals surface area contributed by atoms with Gasteiger partial charge in [0.15, 0.2) is 0 Å². The van der Waals surface area contributed by atoms with Gasteiger partial charge in [-0.05, 0) is 25.1 Å². The molecule has 1 aromatic heterocycles. The number of thiazole rings is 1. The summed E-state index contributed by atoms with van der Waals surface area (Å²) < 4.78 is 1.01. The number of phenols is 1. The van der Waals surface area contributed by atoms with Gasteiger partial charge in [0.1, 0.15) is 15.8 Å². The van der Waals surface area contributed by atoms with Gasteiger partial charge in [0.25, 0.3) is 0 Å². The maximum atomic E-state index is 9.39. The molecule has 2 aromatic rings. The number of thioether (sulfide) groups is 1. The zero-order chi connectivity index (χ0) is 11.1. The zero-order valence-electron chi connectivity index (χ0n) is 8.67. The number of aromatic nitrogens is 1. The topological polar surface area (TPSA) is 45.5 Å². The third-order valence-corrected chi connectivity index (χ3v) is 4.73. The van der Waals surface area contributed by atoms with Crippen molar-refractivity contribution in [3.8, 4) is 5.75 Å². The fourth-order valence-electron chi connectivity index (χ4n) is 1.60. The van der Waals surface area contributed by atoms with Crippen molar-refractivity contribution in [2.45, 2.75) is 13.0 Å². The van der Waals surface area contributed by atoms with Gasteiger partial charge in [-0.25, -0.2) is 4.98 Å². The van der Waals surface area contributed by atoms with E-state index in [2.05, 4.69) is 16.9 Å². The summed E-state index contributed by atoms with van der Waals surface area (Å²) in [7, 11) is 0. The Balaban J connectivity index is 2.09. The average Bonchev–Trinajstić information content (AvgIpc) is 2.83. The highest BCUT2D eigenvalue weighted by molar-refractivity contribution is 8.15. The molecular weight excluding hydrogens is 240 g/mol. The highest BCUT2D eigenvalue weighted by Crippen LogP contribution is 2.30. The number of aromatic hydroxyl groups is 1. The van der Waals surface area contributed by atoms with Crippen molar-refractivity contribution in [3.63, 3.8) is 0 Å². The molecule has 1 N–H and O–H groups in total. The molecule has 0 spiro atoms. The lowest BCUT2D eigenvalue weighted by atomic mass is 10.3. The van der Waals surface area contributed by atoms with E-state index in [4.69, 9.17) is 0 Å². The van der Waals surface area contributed by atoms with Gasteiger partial charge in [0, 0.05) is 5.75 Å². The second kappa shape index (κ2) is 3.75. The first kappa shape index (κ1) is 10.1. The predicted molar refractivity (Wildman–Crippen MR) is 69.7 cm³/mol. The number of nitrogens with zero attached hydrogens (tertiary/aromatic N) is 2. The van der Waals surface area contributed by atoms with Crippen LogP contribution in [0.15, 0.2) is 23.2 Å². The smallest absolute Gasteiger partial charge is 0.149 e. The fraction of sp³-hybridized carbons (Fsp3) is 0.273. The molecule has 5 heteroatoms. The molecule has 16 heavy (non-hydrogen) atoms. The first-order chi connectivity index (χ1) is 7.72. The van der Waals surface area contributed by atoms with Crippen LogP contribution >= 0.6 is 23.1 Å². The molecule has 0 fully saturated rings. The summed E-state index contributed by atoms with van der Waals surface area (Å²) in [6.45, 7) is 2.11. The Hall–Kier alpha value is -1.07. The molecule has 0 saturated carbocycles. The van der Waals surface area contributed by atoms with Gasteiger partial charge in [0.05, 0.1) is 16.3 Å². The molecule has 1 atom stereocenters. The van der Waals surface area contributed by atoms with Crippen molar-refractivity contribution in [3.05, 3.63) is 23.2 Å². The largest absolute Gasteiger partial charge is 0.508 e. The predicted octanol–water partition coefficient (Wildman–Crippen LogP) is 2.88. The van der Waals surface area contributed by atoms with Gasteiger partial charge >= 0.3 is 0 Å². The minimum absolute atomic E-state index is 0.289. The maximum absolute atomic E-state index is 9.39. The summed E-state index contributed by atoms with van der Waals surface area (Å²) in [6.07, 6.45) is 0. The van der Waals surface area contributed by atoms with Crippen LogP contribution in [0.3, 0.4) is 0 Å². The average molecular weight is 250 g/mol. The van der Waals surface area contributed by atoms with E-state index >= 15 is 0 Å². The van der Waals surface area contributed by atoms with E-state index in [-0.39, 0.29) is 5.75 Å². The lowest BCUT2D eigenvalue weighted by molar-refractivity contribution is 0.476. The second-order valence-corrected chi connectivity index (χ2v) is 5.80. The van der Waals surface area contributed by atoms with Crippen molar-refractivity contribution in [1.29, 1.82) is 0 Å². The third-order valence-electron chi connectivity index (χ3n) is 2.35. The van der Waals surface area contributed by atoms with Gasteiger partial charge in [0.2, 0.25) is 0 Å². The monoisotopic (exact) mass is 250 g/mol. The second-order valence-electron chi connectivity index (χ2n) is 3.77. The Labute approximate surface area is 101 Å². The van der Waals surface area contributed by atoms with E-state index in [0.717, 1.165) is 26.0 Å². The molecule has 3 nitrogen and oxygen atoms in total. The van der Waals surface area contributed by atoms with E-state index in [0.29, 0.717) is 6.04 Å². The first-order valence-electron chi connectivity index (χ1n) is 5.03. The summed E-state index contributed by atoms with van der Waals surface area (Å²) >= 11 is 3.35. The molecule has 3 rings (SSSR count). The molecule has 1 aromatic carbocycles. The van der Waals surface area contributed by atoms with Crippen molar-refractivity contribution in [1.82, 2.24) is 4.98 Å². The van der Waals surface area contributed by atoms with E-state index in [1.807, 2.05) is 6.07 Å². The molecule has 0 saturated heterocycles. The van der Waals surface area contributed by atoms with Crippen molar-refractivity contribution < 1.29 is 5.11 Å². The quantitative estimate of drug-likeness (QED) is 0.846. The molecule has 0 bridgehead atoms. The van der Waals surface area contributed by atoms with Gasteiger partial charge in [-0.15, -0.1) is 23.1 Å². The fourth-order valence-corrected chi connectivity index (χ4v) is 3.69. The standard InChI is InChI=1S/C11H10N2OS2/c1-6-5-15-10(12-6)11-13-8-3-2-7(14)4-9(8)16-11/h2-4,6,14H,5H2,1H3/t6-/m0/s1. The van der Waals surface area contributed by atoms with Gasteiger partial charge < -0.3 is 5.11 Å². The third kappa shape index (κ3) is 1.70. The molecule has 0 aliphatic carbocycles. The lowest BCUT2D eigenvalue weighted by Crippen LogP contribution is -1.93. The van der Waals surface area contributed by atoms with Gasteiger partial charge in [-0.3, -0.25) is 4.99 Å². The lowest BCUT2D eigenvalue weighted by Gasteiger charge is -1.89. The number of hydrogen-bond acceptors (Lipinski definition) is 5. The summed E-state index contributed by atoms with van der Waals surface area (Å²) in [5, 5.41) is 11.4. The molecule has 1 aliphatic rings. The molecule has 0 unspecified atom stereocenters. The van der Waals surface area contributed by atoms with Gasteiger partial charge in [-0.1, -0.05) is 0 Å². The highest BCUT2D eigenvalue weighted by atomic mass is 32.2. The van der Waals surface area contributed by atoms with Crippen molar-refractivity contribution in [2.24, 2.45) is 4.99 Å². The van der Waals surface area contributed by atoms with Crippen LogP contribution in [0, 0.1) is 0 Å². The number of rotatable bonds is 1. The minimum Gasteiger partial charge on any atom is -0.508 e. The Bertz CT molecular complexity index is 576. The number of benzene rings is 1. The van der Waals surface area contributed by atoms with Crippen LogP contribution in [0.25, 0.3) is 10.2 Å². The summed E-state index contributed by atoms with van der Waals surface area (Å²) in [6, 6.07) is 5.65. The highest BCUT2D eigenvalue weighted by Gasteiger charge is 2.18. The number of aliphatic imine (C=N–C) groups is 1. The van der Waals surface area contributed by atoms with Crippen molar-refractivity contribution in [2.75, 3.05) is 5.75 Å². The number of phenolic OH excluding ortho intramolecular Hbond substituents is 1. The van der Waals surface area contributed by atoms with Crippen molar-refractivity contribution >= 4 is 38.4 Å². The number of fused-ring (bicyclic) bond motifs is 1. The first-order valence-corrected chi connectivity index (χ1v) is 6.83. The summed E-state index contributed by atoms with van der Waals surface area (Å²) in [5.74, 6) is 1.33. The Morgan fingerprint density at radius 3 is 3.06 bits per heavy atom. The summed E-state index contributed by atoms with van der Waals surface area (Å²) in [4.78, 5) is 9.07.